The van der Waals surface area contributed by atoms with E-state index in [4.69, 9.17) is 22.2 Å². The maximum Gasteiger partial charge on any atom is 0.122 e. The summed E-state index contributed by atoms with van der Waals surface area (Å²) in [5, 5.41) is 0.744. The zero-order valence-electron chi connectivity index (χ0n) is 12.4. The molecule has 3 nitrogen and oxygen atoms in total. The predicted octanol–water partition coefficient (Wildman–Crippen LogP) is 3.55. The van der Waals surface area contributed by atoms with Crippen LogP contribution in [0.5, 0.6) is 5.75 Å². The number of nitrogens with one attached hydrogen (secondary N) is 1. The zero-order valence-corrected chi connectivity index (χ0v) is 13.1. The second-order valence-corrected chi connectivity index (χ2v) is 6.39. The number of halogens is 1. The first-order chi connectivity index (χ1) is 9.63. The van der Waals surface area contributed by atoms with Gasteiger partial charge in [-0.05, 0) is 54.9 Å². The Morgan fingerprint density at radius 2 is 2.05 bits per heavy atom. The Balaban J connectivity index is 2.08. The average Bonchev–Trinajstić information content (AvgIpc) is 2.46. The first kappa shape index (κ1) is 15.6. The normalized spacial score (nSPS) is 24.4. The summed E-state index contributed by atoms with van der Waals surface area (Å²) in [4.78, 5) is 0. The van der Waals surface area contributed by atoms with Crippen molar-refractivity contribution in [3.63, 3.8) is 0 Å². The first-order valence-corrected chi connectivity index (χ1v) is 7.80. The molecule has 0 aromatic heterocycles. The van der Waals surface area contributed by atoms with Crippen LogP contribution < -0.4 is 16.0 Å². The van der Waals surface area contributed by atoms with Crippen LogP contribution >= 0.6 is 11.6 Å². The molecule has 0 radical (unpaired) electrons. The Bertz CT molecular complexity index is 430. The summed E-state index contributed by atoms with van der Waals surface area (Å²) in [6.07, 6.45) is 5.96. The highest BCUT2D eigenvalue weighted by molar-refractivity contribution is 6.30. The van der Waals surface area contributed by atoms with Crippen molar-refractivity contribution in [3.8, 4) is 5.75 Å². The minimum atomic E-state index is 0.287. The second kappa shape index (κ2) is 7.30. The van der Waals surface area contributed by atoms with Gasteiger partial charge in [-0.1, -0.05) is 31.4 Å². The van der Waals surface area contributed by atoms with Crippen molar-refractivity contribution < 1.29 is 4.74 Å². The maximum absolute atomic E-state index is 6.10. The summed E-state index contributed by atoms with van der Waals surface area (Å²) in [7, 11) is 1.69. The van der Waals surface area contributed by atoms with Gasteiger partial charge in [0.1, 0.15) is 5.75 Å². The van der Waals surface area contributed by atoms with Crippen molar-refractivity contribution in [3.05, 3.63) is 28.8 Å². The minimum absolute atomic E-state index is 0.287. The van der Waals surface area contributed by atoms with E-state index in [-0.39, 0.29) is 6.04 Å². The Hall–Kier alpha value is -0.770. The molecule has 1 aromatic rings. The van der Waals surface area contributed by atoms with Crippen LogP contribution in [0, 0.1) is 11.8 Å². The molecule has 1 aromatic carbocycles. The number of benzene rings is 1. The lowest BCUT2D eigenvalue weighted by atomic mass is 9.78. The molecule has 3 N–H and O–H groups in total. The van der Waals surface area contributed by atoms with Gasteiger partial charge in [0.05, 0.1) is 7.11 Å². The van der Waals surface area contributed by atoms with Crippen molar-refractivity contribution in [2.24, 2.45) is 17.7 Å². The van der Waals surface area contributed by atoms with Crippen LogP contribution in [0.2, 0.25) is 5.02 Å². The van der Waals surface area contributed by atoms with Gasteiger partial charge >= 0.3 is 0 Å². The van der Waals surface area contributed by atoms with Crippen molar-refractivity contribution >= 4 is 11.6 Å². The summed E-state index contributed by atoms with van der Waals surface area (Å²) in [6.45, 7) is 2.33. The smallest absolute Gasteiger partial charge is 0.122 e. The van der Waals surface area contributed by atoms with Gasteiger partial charge in [0, 0.05) is 11.1 Å². The van der Waals surface area contributed by atoms with Crippen LogP contribution in [0.15, 0.2) is 18.2 Å². The van der Waals surface area contributed by atoms with Crippen LogP contribution in [-0.4, -0.2) is 13.2 Å². The molecule has 0 saturated heterocycles. The van der Waals surface area contributed by atoms with E-state index in [9.17, 15) is 0 Å². The molecule has 112 valence electrons. The Morgan fingerprint density at radius 1 is 1.35 bits per heavy atom. The molecule has 0 spiro atoms. The Kier molecular flexibility index (Phi) is 5.70. The fourth-order valence-electron chi connectivity index (χ4n) is 3.19. The molecule has 1 saturated carbocycles. The van der Waals surface area contributed by atoms with E-state index in [0.717, 1.165) is 28.7 Å². The summed E-state index contributed by atoms with van der Waals surface area (Å²) in [5.74, 6) is 8.17. The Labute approximate surface area is 126 Å². The van der Waals surface area contributed by atoms with Gasteiger partial charge in [-0.25, -0.2) is 0 Å². The molecule has 0 heterocycles. The second-order valence-electron chi connectivity index (χ2n) is 5.95. The molecule has 1 unspecified atom stereocenters. The topological polar surface area (TPSA) is 47.3 Å². The number of ether oxygens (including phenoxy) is 1. The van der Waals surface area contributed by atoms with Crippen molar-refractivity contribution in [1.29, 1.82) is 0 Å². The highest BCUT2D eigenvalue weighted by Gasteiger charge is 2.26. The van der Waals surface area contributed by atoms with Crippen LogP contribution in [0.3, 0.4) is 0 Å². The van der Waals surface area contributed by atoms with Gasteiger partial charge in [-0.15, -0.1) is 0 Å². The number of hydrogen-bond acceptors (Lipinski definition) is 3. The molecular weight excluding hydrogens is 272 g/mol. The lowest BCUT2D eigenvalue weighted by Gasteiger charge is -2.32. The predicted molar refractivity (Wildman–Crippen MR) is 83.9 cm³/mol. The van der Waals surface area contributed by atoms with E-state index in [1.54, 1.807) is 7.11 Å². The molecule has 1 fully saturated rings. The third-order valence-electron chi connectivity index (χ3n) is 4.53. The number of rotatable bonds is 5. The molecule has 0 aliphatic heterocycles. The summed E-state index contributed by atoms with van der Waals surface area (Å²) >= 11 is 6.10. The van der Waals surface area contributed by atoms with Crippen molar-refractivity contribution in [2.45, 2.75) is 45.1 Å². The monoisotopic (exact) mass is 296 g/mol. The van der Waals surface area contributed by atoms with Crippen LogP contribution in [0.4, 0.5) is 0 Å². The highest BCUT2D eigenvalue weighted by atomic mass is 35.5. The van der Waals surface area contributed by atoms with E-state index in [1.165, 1.54) is 25.7 Å². The minimum Gasteiger partial charge on any atom is -0.496 e. The number of methoxy groups -OCH3 is 1. The third-order valence-corrected chi connectivity index (χ3v) is 4.76. The highest BCUT2D eigenvalue weighted by Crippen LogP contribution is 2.33. The van der Waals surface area contributed by atoms with Crippen LogP contribution in [-0.2, 0) is 6.42 Å². The standard InChI is InChI=1S/C16H25ClN2O/c1-11-3-5-12(6-4-11)15(19-18)10-13-9-14(17)7-8-16(13)20-2/h7-9,11-12,15,19H,3-6,10,18H2,1-2H3. The lowest BCUT2D eigenvalue weighted by molar-refractivity contribution is 0.228. The van der Waals surface area contributed by atoms with E-state index in [2.05, 4.69) is 12.3 Å². The van der Waals surface area contributed by atoms with Gasteiger partial charge in [-0.2, -0.15) is 0 Å². The Morgan fingerprint density at radius 3 is 2.65 bits per heavy atom. The van der Waals surface area contributed by atoms with E-state index in [0.29, 0.717) is 5.92 Å². The number of hydrogen-bond donors (Lipinski definition) is 2. The summed E-state index contributed by atoms with van der Waals surface area (Å²) < 4.78 is 5.42. The maximum atomic E-state index is 6.10. The lowest BCUT2D eigenvalue weighted by Crippen LogP contribution is -2.43. The quantitative estimate of drug-likeness (QED) is 0.645. The molecular formula is C16H25ClN2O. The molecule has 0 bridgehead atoms. The first-order valence-electron chi connectivity index (χ1n) is 7.42. The molecule has 1 aliphatic carbocycles. The van der Waals surface area contributed by atoms with E-state index < -0.39 is 0 Å². The number of hydrazine groups is 1. The molecule has 2 rings (SSSR count). The molecule has 0 amide bonds. The summed E-state index contributed by atoms with van der Waals surface area (Å²) in [5.41, 5.74) is 4.13. The SMILES string of the molecule is COc1ccc(Cl)cc1CC(NN)C1CCC(C)CC1. The third kappa shape index (κ3) is 3.87. The van der Waals surface area contributed by atoms with Gasteiger partial charge in [0.15, 0.2) is 0 Å². The van der Waals surface area contributed by atoms with Gasteiger partial charge in [0.2, 0.25) is 0 Å². The van der Waals surface area contributed by atoms with Gasteiger partial charge < -0.3 is 4.74 Å². The van der Waals surface area contributed by atoms with Gasteiger partial charge in [-0.3, -0.25) is 11.3 Å². The largest absolute Gasteiger partial charge is 0.496 e. The van der Waals surface area contributed by atoms with Gasteiger partial charge in [0.25, 0.3) is 0 Å². The van der Waals surface area contributed by atoms with Crippen LogP contribution in [0.25, 0.3) is 0 Å². The van der Waals surface area contributed by atoms with E-state index in [1.807, 2.05) is 18.2 Å². The average molecular weight is 297 g/mol. The summed E-state index contributed by atoms with van der Waals surface area (Å²) in [6, 6.07) is 6.05. The fraction of sp³-hybridized carbons (Fsp3) is 0.625. The molecule has 20 heavy (non-hydrogen) atoms. The fourth-order valence-corrected chi connectivity index (χ4v) is 3.39. The molecule has 1 atom stereocenters. The van der Waals surface area contributed by atoms with Crippen molar-refractivity contribution in [2.75, 3.05) is 7.11 Å². The molecule has 1 aliphatic rings. The van der Waals surface area contributed by atoms with Crippen molar-refractivity contribution in [1.82, 2.24) is 5.43 Å². The van der Waals surface area contributed by atoms with Crippen LogP contribution in [0.1, 0.15) is 38.2 Å². The zero-order chi connectivity index (χ0) is 14.5. The number of nitrogens with two attached hydrogens (primary N) is 1. The molecule has 4 heteroatoms. The van der Waals surface area contributed by atoms with E-state index >= 15 is 0 Å².